The molecule has 0 heterocycles. The summed E-state index contributed by atoms with van der Waals surface area (Å²) in [5.74, 6) is -9.58. The second-order valence-electron chi connectivity index (χ2n) is 19.0. The molecule has 22 heteroatoms. The van der Waals surface area contributed by atoms with Gasteiger partial charge in [0.05, 0.1) is 22.2 Å². The van der Waals surface area contributed by atoms with Crippen molar-refractivity contribution >= 4 is 44.1 Å². The number of esters is 4. The van der Waals surface area contributed by atoms with Gasteiger partial charge < -0.3 is 18.9 Å². The van der Waals surface area contributed by atoms with Crippen LogP contribution in [0.1, 0.15) is 111 Å². The number of carbonyl (C=O) groups is 4. The lowest BCUT2D eigenvalue weighted by Crippen LogP contribution is -2.61. The van der Waals surface area contributed by atoms with Crippen LogP contribution < -0.4 is 0 Å². The van der Waals surface area contributed by atoms with Gasteiger partial charge in [0.1, 0.15) is 22.7 Å². The van der Waals surface area contributed by atoms with Crippen molar-refractivity contribution in [2.45, 2.75) is 146 Å². The van der Waals surface area contributed by atoms with E-state index >= 15 is 0 Å². The van der Waals surface area contributed by atoms with Crippen LogP contribution in [0.15, 0.2) is 0 Å². The number of alkyl halides is 6. The highest BCUT2D eigenvalue weighted by Gasteiger charge is 2.66. The number of hydrogen-bond acceptors (Lipinski definition) is 12. The van der Waals surface area contributed by atoms with Crippen LogP contribution in [0.5, 0.6) is 0 Å². The van der Waals surface area contributed by atoms with Gasteiger partial charge in [-0.2, -0.15) is 43.2 Å². The van der Waals surface area contributed by atoms with E-state index in [4.69, 9.17) is 28.1 Å². The first kappa shape index (κ1) is 45.8. The molecule has 0 aliphatic heterocycles. The number of carbonyl (C=O) groups excluding carboxylic acids is 4. The van der Waals surface area contributed by atoms with Crippen LogP contribution >= 0.6 is 0 Å². The molecule has 8 unspecified atom stereocenters. The topological polar surface area (TPSA) is 214 Å². The molecular weight excluding hydrogens is 847 g/mol. The van der Waals surface area contributed by atoms with E-state index in [0.717, 1.165) is 0 Å². The maximum atomic E-state index is 14.1. The molecule has 0 aromatic heterocycles. The second kappa shape index (κ2) is 15.0. The Morgan fingerprint density at radius 2 is 1.02 bits per heavy atom. The minimum atomic E-state index is -5.30. The van der Waals surface area contributed by atoms with E-state index in [1.54, 1.807) is 13.8 Å². The summed E-state index contributed by atoms with van der Waals surface area (Å²) in [4.78, 5) is 54.9. The Morgan fingerprint density at radius 1 is 0.661 bits per heavy atom. The molecule has 8 rings (SSSR count). The van der Waals surface area contributed by atoms with Crippen molar-refractivity contribution in [3.63, 3.8) is 0 Å². The molecule has 8 aliphatic carbocycles. The molecule has 0 aromatic rings. The third kappa shape index (κ3) is 9.69. The molecule has 8 saturated carbocycles. The van der Waals surface area contributed by atoms with Gasteiger partial charge in [-0.15, -0.1) is 0 Å². The summed E-state index contributed by atoms with van der Waals surface area (Å²) in [6.07, 6.45) is -14.0. The van der Waals surface area contributed by atoms with E-state index in [2.05, 4.69) is 0 Å². The minimum Gasteiger partial charge on any atom is -0.459 e. The molecule has 0 aromatic carbocycles. The van der Waals surface area contributed by atoms with Crippen molar-refractivity contribution in [1.82, 2.24) is 0 Å². The van der Waals surface area contributed by atoms with Gasteiger partial charge in [-0.05, 0) is 108 Å². The Bertz CT molecular complexity index is 1910. The van der Waals surface area contributed by atoms with Crippen molar-refractivity contribution < 1.29 is 90.4 Å². The summed E-state index contributed by atoms with van der Waals surface area (Å²) < 4.78 is 168. The molecule has 0 spiro atoms. The molecular formula is C37H50F6O14S2. The fourth-order valence-corrected chi connectivity index (χ4v) is 13.4. The SMILES string of the molecule is CCC(C)(CC(C)C(=O)OC12CC3CC(C1)CC(C(=O)OC(CS(=O)(=O)O)C(F)(F)F)(C3)C2)C(=O)OC12CC3CC(C1)CC(C(=O)OC(CS(=O)(=O)O)C(F)(F)F)(C3)C2. The van der Waals surface area contributed by atoms with Gasteiger partial charge in [0.25, 0.3) is 20.2 Å². The van der Waals surface area contributed by atoms with Gasteiger partial charge in [-0.25, -0.2) is 0 Å². The highest BCUT2D eigenvalue weighted by molar-refractivity contribution is 7.86. The van der Waals surface area contributed by atoms with Gasteiger partial charge in [0.15, 0.2) is 0 Å². The molecule has 8 fully saturated rings. The van der Waals surface area contributed by atoms with Crippen molar-refractivity contribution in [3.8, 4) is 0 Å². The van der Waals surface area contributed by atoms with E-state index in [1.165, 1.54) is 6.92 Å². The summed E-state index contributed by atoms with van der Waals surface area (Å²) in [6.45, 7) is 4.79. The summed E-state index contributed by atoms with van der Waals surface area (Å²) in [5, 5.41) is 0. The standard InChI is InChI=1S/C37H50F6O14S2/c1-4-31(3,28(45)57-35-14-23-6-24(15-35)11-33(10-23,19-35)30(47)55-26(37(41,42)43)17-59(51,52)53)7-20(2)27(44)56-34-12-21-5-22(13-34)9-32(8-21,18-34)29(46)54-25(36(38,39)40)16-58(48,49)50/h20-26H,4-19H2,1-3H3,(H,48,49,50)(H,51,52,53). The summed E-state index contributed by atoms with van der Waals surface area (Å²) in [5.41, 5.74) is -6.82. The molecule has 8 bridgehead atoms. The van der Waals surface area contributed by atoms with Crippen LogP contribution in [0, 0.1) is 45.8 Å². The van der Waals surface area contributed by atoms with Crippen molar-refractivity contribution in [2.75, 3.05) is 11.5 Å². The second-order valence-corrected chi connectivity index (χ2v) is 22.0. The Kier molecular flexibility index (Phi) is 11.6. The lowest BCUT2D eigenvalue weighted by Gasteiger charge is -2.60. The fourth-order valence-electron chi connectivity index (χ4n) is 12.1. The van der Waals surface area contributed by atoms with Gasteiger partial charge in [0.2, 0.25) is 12.2 Å². The fraction of sp³-hybridized carbons (Fsp3) is 0.892. The normalized spacial score (nSPS) is 36.3. The third-order valence-corrected chi connectivity index (χ3v) is 15.3. The highest BCUT2D eigenvalue weighted by atomic mass is 32.2. The number of halogens is 6. The monoisotopic (exact) mass is 896 g/mol. The zero-order valence-corrected chi connectivity index (χ0v) is 34.4. The summed E-state index contributed by atoms with van der Waals surface area (Å²) >= 11 is 0. The molecule has 2 N–H and O–H groups in total. The van der Waals surface area contributed by atoms with E-state index < -0.39 is 114 Å². The zero-order chi connectivity index (χ0) is 44.0. The predicted molar refractivity (Wildman–Crippen MR) is 189 cm³/mol. The molecule has 0 radical (unpaired) electrons. The molecule has 8 aliphatic rings. The molecule has 59 heavy (non-hydrogen) atoms. The molecule has 0 saturated heterocycles. The Balaban J connectivity index is 1.13. The Morgan fingerprint density at radius 3 is 1.34 bits per heavy atom. The molecule has 336 valence electrons. The average Bonchev–Trinajstić information content (AvgIpc) is 3.03. The van der Waals surface area contributed by atoms with Gasteiger partial charge >= 0.3 is 36.2 Å². The van der Waals surface area contributed by atoms with Crippen LogP contribution in [0.4, 0.5) is 26.3 Å². The number of ether oxygens (including phenoxy) is 4. The maximum absolute atomic E-state index is 14.1. The van der Waals surface area contributed by atoms with E-state index in [0.29, 0.717) is 38.5 Å². The first-order valence-corrected chi connectivity index (χ1v) is 22.9. The first-order chi connectivity index (χ1) is 26.8. The molecule has 0 amide bonds. The van der Waals surface area contributed by atoms with Crippen LogP contribution in [0.25, 0.3) is 0 Å². The summed E-state index contributed by atoms with van der Waals surface area (Å²) in [6, 6.07) is 0. The van der Waals surface area contributed by atoms with Crippen LogP contribution in [0.3, 0.4) is 0 Å². The van der Waals surface area contributed by atoms with Crippen LogP contribution in [-0.4, -0.2) is 97.1 Å². The number of hydrogen-bond donors (Lipinski definition) is 2. The Labute approximate surface area is 337 Å². The Hall–Kier alpha value is -2.72. The van der Waals surface area contributed by atoms with Crippen LogP contribution in [-0.2, 0) is 58.4 Å². The van der Waals surface area contributed by atoms with Crippen molar-refractivity contribution in [1.29, 1.82) is 0 Å². The molecule has 8 atom stereocenters. The van der Waals surface area contributed by atoms with Gasteiger partial charge in [-0.1, -0.05) is 13.8 Å². The quantitative estimate of drug-likeness (QED) is 0.0846. The first-order valence-electron chi connectivity index (χ1n) is 19.7. The van der Waals surface area contributed by atoms with E-state index in [9.17, 15) is 62.4 Å². The smallest absolute Gasteiger partial charge is 0.426 e. The van der Waals surface area contributed by atoms with Gasteiger partial charge in [0, 0.05) is 12.8 Å². The maximum Gasteiger partial charge on any atom is 0.426 e. The largest absolute Gasteiger partial charge is 0.459 e. The highest BCUT2D eigenvalue weighted by Crippen LogP contribution is 2.65. The zero-order valence-electron chi connectivity index (χ0n) is 32.7. The lowest BCUT2D eigenvalue weighted by molar-refractivity contribution is -0.239. The van der Waals surface area contributed by atoms with Crippen molar-refractivity contribution in [2.24, 2.45) is 45.8 Å². The van der Waals surface area contributed by atoms with E-state index in [-0.39, 0.29) is 75.0 Å². The lowest BCUT2D eigenvalue weighted by atomic mass is 9.48. The van der Waals surface area contributed by atoms with E-state index in [1.807, 2.05) is 0 Å². The summed E-state index contributed by atoms with van der Waals surface area (Å²) in [7, 11) is -10.4. The predicted octanol–water partition coefficient (Wildman–Crippen LogP) is 5.92. The third-order valence-electron chi connectivity index (χ3n) is 13.9. The van der Waals surface area contributed by atoms with Gasteiger partial charge in [-0.3, -0.25) is 28.3 Å². The van der Waals surface area contributed by atoms with Crippen molar-refractivity contribution in [3.05, 3.63) is 0 Å². The number of rotatable bonds is 15. The average molecular weight is 897 g/mol. The van der Waals surface area contributed by atoms with Crippen LogP contribution in [0.2, 0.25) is 0 Å². The minimum absolute atomic E-state index is 0.0980. The molecule has 14 nitrogen and oxygen atoms in total.